The lowest BCUT2D eigenvalue weighted by atomic mass is 10.1. The highest BCUT2D eigenvalue weighted by Crippen LogP contribution is 2.26. The van der Waals surface area contributed by atoms with E-state index in [4.69, 9.17) is 19.3 Å². The van der Waals surface area contributed by atoms with Crippen LogP contribution < -0.4 is 43.3 Å². The number of benzene rings is 3. The summed E-state index contributed by atoms with van der Waals surface area (Å²) >= 11 is 0. The summed E-state index contributed by atoms with van der Waals surface area (Å²) in [6, 6.07) is 22.8. The van der Waals surface area contributed by atoms with Crippen molar-refractivity contribution in [3.05, 3.63) is 83.9 Å². The number of hydrogen-bond donors (Lipinski definition) is 1. The molecule has 0 unspecified atom stereocenters. The highest BCUT2D eigenvalue weighted by Gasteiger charge is 2.20. The van der Waals surface area contributed by atoms with Crippen LogP contribution in [0.4, 0.5) is 0 Å². The maximum absolute atomic E-state index is 12.0. The first-order valence-electron chi connectivity index (χ1n) is 11.5. The number of nitrogens with two attached hydrogens (primary N) is 1. The first kappa shape index (κ1) is 29.6. The maximum atomic E-state index is 12.0. The second kappa shape index (κ2) is 14.2. The zero-order valence-corrected chi connectivity index (χ0v) is 23.7. The third-order valence-corrected chi connectivity index (χ3v) is 6.43. The van der Waals surface area contributed by atoms with Crippen molar-refractivity contribution in [3.63, 3.8) is 0 Å². The number of sulfonamides is 1. The number of para-hydroxylation sites is 2. The summed E-state index contributed by atoms with van der Waals surface area (Å²) in [6.07, 6.45) is 2.69. The van der Waals surface area contributed by atoms with Crippen LogP contribution in [0.5, 0.6) is 17.2 Å². The van der Waals surface area contributed by atoms with Crippen molar-refractivity contribution < 1.29 is 51.2 Å². The molecular weight excluding hydrogens is 591 g/mol. The molecule has 3 aromatic rings. The average molecular weight is 625 g/mol. The number of nitrogens with zero attached hydrogens (tertiary/aromatic N) is 1. The molecule has 0 aliphatic carbocycles. The minimum Gasteiger partial charge on any atom is -1.00 e. The van der Waals surface area contributed by atoms with Crippen molar-refractivity contribution in [2.24, 2.45) is 5.14 Å². The Morgan fingerprint density at radius 3 is 2.19 bits per heavy atom. The van der Waals surface area contributed by atoms with Crippen molar-refractivity contribution in [2.45, 2.75) is 31.2 Å². The van der Waals surface area contributed by atoms with Crippen molar-refractivity contribution in [1.29, 1.82) is 0 Å². The smallest absolute Gasteiger partial charge is 0.241 e. The lowest BCUT2D eigenvalue weighted by Crippen LogP contribution is -3.00. The van der Waals surface area contributed by atoms with Crippen LogP contribution in [0.15, 0.2) is 77.7 Å². The highest BCUT2D eigenvalue weighted by molar-refractivity contribution is 7.89. The first-order valence-corrected chi connectivity index (χ1v) is 13.1. The molecule has 0 amide bonds. The summed E-state index contributed by atoms with van der Waals surface area (Å²) in [6.45, 7) is 5.66. The van der Waals surface area contributed by atoms with Crippen LogP contribution in [0.3, 0.4) is 0 Å². The molecule has 3 rings (SSSR count). The van der Waals surface area contributed by atoms with Gasteiger partial charge in [0.1, 0.15) is 17.3 Å². The Kier molecular flexibility index (Phi) is 11.7. The highest BCUT2D eigenvalue weighted by atomic mass is 127. The molecule has 3 aromatic carbocycles. The summed E-state index contributed by atoms with van der Waals surface area (Å²) < 4.78 is 43.1. The Morgan fingerprint density at radius 1 is 0.944 bits per heavy atom. The van der Waals surface area contributed by atoms with Crippen LogP contribution >= 0.6 is 0 Å². The lowest BCUT2D eigenvalue weighted by molar-refractivity contribution is -0.558. The summed E-state index contributed by atoms with van der Waals surface area (Å²) in [4.78, 5) is -0.0147. The van der Waals surface area contributed by atoms with Gasteiger partial charge in [0.25, 0.3) is 0 Å². The molecule has 7 nitrogen and oxygen atoms in total. The largest absolute Gasteiger partial charge is 1.00 e. The second-order valence-electron chi connectivity index (χ2n) is 8.09. The molecule has 0 heterocycles. The minimum absolute atomic E-state index is 0. The summed E-state index contributed by atoms with van der Waals surface area (Å²) in [7, 11) is -2.48. The van der Waals surface area contributed by atoms with Crippen LogP contribution in [0.1, 0.15) is 25.0 Å². The van der Waals surface area contributed by atoms with E-state index < -0.39 is 10.0 Å². The van der Waals surface area contributed by atoms with Gasteiger partial charge in [0.05, 0.1) is 13.7 Å². The predicted octanol–water partition coefficient (Wildman–Crippen LogP) is 0.887. The SMILES string of the molecule is CCOc1ccccc1OCC[N+](=Cc1ccccc1)[C@H](C)Cc1ccc(OC)c(S(N)(=O)=O)c1.[I-]. The zero-order valence-electron chi connectivity index (χ0n) is 20.8. The molecule has 9 heteroatoms. The van der Waals surface area contributed by atoms with E-state index >= 15 is 0 Å². The topological polar surface area (TPSA) is 90.9 Å². The van der Waals surface area contributed by atoms with Crippen LogP contribution in [0.2, 0.25) is 0 Å². The van der Waals surface area contributed by atoms with E-state index in [1.807, 2.05) is 67.6 Å². The predicted molar refractivity (Wildman–Crippen MR) is 137 cm³/mol. The summed E-state index contributed by atoms with van der Waals surface area (Å²) in [5.41, 5.74) is 1.91. The van der Waals surface area contributed by atoms with Gasteiger partial charge in [-0.25, -0.2) is 18.1 Å². The fourth-order valence-electron chi connectivity index (χ4n) is 3.78. The van der Waals surface area contributed by atoms with Gasteiger partial charge >= 0.3 is 0 Å². The average Bonchev–Trinajstić information content (AvgIpc) is 2.84. The number of hydrogen-bond acceptors (Lipinski definition) is 5. The van der Waals surface area contributed by atoms with Crippen molar-refractivity contribution in [2.75, 3.05) is 26.9 Å². The zero-order chi connectivity index (χ0) is 25.3. The standard InChI is InChI=1S/C27H33N2O5S.HI/c1-4-33-24-12-8-9-13-25(24)34-17-16-29(20-22-10-6-5-7-11-22)21(2)18-23-14-15-26(32-3)27(19-23)35(28,30)31;/h5-15,19-21H,4,16-18H2,1-3H3,(H2,28,30,31);1H/q+1;/p-1/t21-;/m1./s1. The van der Waals surface area contributed by atoms with E-state index in [1.54, 1.807) is 12.1 Å². The molecule has 36 heavy (non-hydrogen) atoms. The number of primary sulfonamides is 1. The summed E-state index contributed by atoms with van der Waals surface area (Å²) in [5, 5.41) is 5.40. The third kappa shape index (κ3) is 8.49. The first-order chi connectivity index (χ1) is 16.8. The molecule has 0 saturated carbocycles. The minimum atomic E-state index is -3.90. The van der Waals surface area contributed by atoms with Crippen LogP contribution in [0.25, 0.3) is 0 Å². The van der Waals surface area contributed by atoms with Gasteiger partial charge < -0.3 is 38.2 Å². The van der Waals surface area contributed by atoms with Crippen LogP contribution in [0, 0.1) is 0 Å². The Morgan fingerprint density at radius 2 is 1.58 bits per heavy atom. The van der Waals surface area contributed by atoms with E-state index in [0.29, 0.717) is 31.9 Å². The molecule has 0 bridgehead atoms. The van der Waals surface area contributed by atoms with Gasteiger partial charge in [-0.05, 0) is 55.8 Å². The number of halogens is 1. The van der Waals surface area contributed by atoms with Crippen molar-refractivity contribution in [1.82, 2.24) is 0 Å². The van der Waals surface area contributed by atoms with Crippen molar-refractivity contribution in [3.8, 4) is 17.2 Å². The molecule has 194 valence electrons. The van der Waals surface area contributed by atoms with E-state index in [0.717, 1.165) is 16.9 Å². The summed E-state index contributed by atoms with van der Waals surface area (Å²) in [5.74, 6) is 1.66. The Hall–Kier alpha value is -2.63. The molecule has 0 aromatic heterocycles. The van der Waals surface area contributed by atoms with E-state index in [-0.39, 0.29) is 40.7 Å². The molecule has 0 fully saturated rings. The van der Waals surface area contributed by atoms with E-state index in [1.165, 1.54) is 7.11 Å². The number of ether oxygens (including phenoxy) is 3. The lowest BCUT2D eigenvalue weighted by Gasteiger charge is -2.15. The van der Waals surface area contributed by atoms with Gasteiger partial charge in [0.15, 0.2) is 30.3 Å². The maximum Gasteiger partial charge on any atom is 0.241 e. The van der Waals surface area contributed by atoms with E-state index in [2.05, 4.69) is 17.7 Å². The fourth-order valence-corrected chi connectivity index (χ4v) is 4.52. The molecule has 0 spiro atoms. The molecule has 0 aliphatic rings. The molecule has 2 N–H and O–H groups in total. The fraction of sp³-hybridized carbons (Fsp3) is 0.296. The van der Waals surface area contributed by atoms with Crippen LogP contribution in [-0.2, 0) is 16.4 Å². The van der Waals surface area contributed by atoms with Crippen LogP contribution in [-0.4, -0.2) is 52.1 Å². The molecule has 0 radical (unpaired) electrons. The van der Waals surface area contributed by atoms with Gasteiger partial charge in [-0.15, -0.1) is 0 Å². The number of rotatable bonds is 12. The Labute approximate surface area is 231 Å². The van der Waals surface area contributed by atoms with Crippen molar-refractivity contribution >= 4 is 16.2 Å². The van der Waals surface area contributed by atoms with Gasteiger partial charge in [-0.2, -0.15) is 0 Å². The van der Waals surface area contributed by atoms with Gasteiger partial charge in [-0.3, -0.25) is 0 Å². The van der Waals surface area contributed by atoms with Gasteiger partial charge in [-0.1, -0.05) is 36.4 Å². The second-order valence-corrected chi connectivity index (χ2v) is 9.62. The molecule has 0 saturated heterocycles. The van der Waals surface area contributed by atoms with Gasteiger partial charge in [0.2, 0.25) is 10.0 Å². The molecule has 0 aliphatic heterocycles. The Balaban J connectivity index is 0.00000456. The van der Waals surface area contributed by atoms with E-state index in [9.17, 15) is 8.42 Å². The Bertz CT molecular complexity index is 1250. The van der Waals surface area contributed by atoms with Gasteiger partial charge in [0, 0.05) is 12.0 Å². The molecular formula is C27H33IN2O5S. The monoisotopic (exact) mass is 624 g/mol. The third-order valence-electron chi connectivity index (χ3n) is 5.50. The normalized spacial score (nSPS) is 12.4. The molecule has 1 atom stereocenters. The quantitative estimate of drug-likeness (QED) is 0.184. The number of methoxy groups -OCH3 is 1.